The Balaban J connectivity index is 5.14. The Hall–Kier alpha value is -2.18. The molecule has 0 saturated heterocycles. The Morgan fingerprint density at radius 3 is 0.793 bits per heavy atom. The van der Waals surface area contributed by atoms with Crippen LogP contribution < -0.4 is 5.32 Å². The molecule has 0 radical (unpaired) electrons. The van der Waals surface area contributed by atoms with Gasteiger partial charge in [-0.15, -0.1) is 0 Å². The molecule has 0 aliphatic carbocycles. The predicted octanol–water partition coefficient (Wildman–Crippen LogP) is -11.6. The van der Waals surface area contributed by atoms with Crippen LogP contribution >= 0.6 is 0 Å². The lowest BCUT2D eigenvalue weighted by atomic mass is 9.98. The minimum absolute atomic E-state index is 0.00366. The zero-order valence-corrected chi connectivity index (χ0v) is 53.2. The maximum atomic E-state index is 14.4. The van der Waals surface area contributed by atoms with Crippen molar-refractivity contribution in [3.8, 4) is 0 Å². The van der Waals surface area contributed by atoms with Crippen molar-refractivity contribution in [1.29, 1.82) is 0 Å². The quantitative estimate of drug-likeness (QED) is 0.0251. The van der Waals surface area contributed by atoms with Crippen LogP contribution in [0.4, 0.5) is 0 Å². The van der Waals surface area contributed by atoms with E-state index in [0.717, 1.165) is 9.80 Å². The minimum atomic E-state index is -2.31. The number of amides is 1. The third kappa shape index (κ3) is 43.2. The van der Waals surface area contributed by atoms with Gasteiger partial charge in [-0.05, 0) is 13.3 Å². The van der Waals surface area contributed by atoms with E-state index < -0.39 is 162 Å². The van der Waals surface area contributed by atoms with Gasteiger partial charge in [0.1, 0.15) is 79.0 Å². The van der Waals surface area contributed by atoms with Gasteiger partial charge in [0.05, 0.1) is 209 Å². The maximum Gasteiger partial charge on any atom is 0.238 e. The first-order chi connectivity index (χ1) is 44.0. The van der Waals surface area contributed by atoms with E-state index >= 15 is 0 Å². The molecule has 36 nitrogen and oxygen atoms in total. The molecule has 0 spiro atoms. The van der Waals surface area contributed by atoms with Crippen molar-refractivity contribution in [2.24, 2.45) is 0 Å². The van der Waals surface area contributed by atoms with Crippen molar-refractivity contribution in [2.75, 3.05) is 218 Å². The van der Waals surface area contributed by atoms with E-state index in [1.807, 2.05) is 0 Å². The highest BCUT2D eigenvalue weighted by molar-refractivity contribution is 5.82. The van der Waals surface area contributed by atoms with Crippen molar-refractivity contribution in [3.63, 3.8) is 0 Å². The van der Waals surface area contributed by atoms with Crippen LogP contribution in [0.3, 0.4) is 0 Å². The Bertz CT molecular complexity index is 1640. The van der Waals surface area contributed by atoms with Crippen LogP contribution in [0.25, 0.3) is 0 Å². The lowest BCUT2D eigenvalue weighted by molar-refractivity contribution is -0.145. The van der Waals surface area contributed by atoms with E-state index in [9.17, 15) is 107 Å². The molecule has 17 atom stereocenters. The topological polar surface area (TPSA) is 548 Å². The van der Waals surface area contributed by atoms with E-state index in [1.54, 1.807) is 0 Å². The molecule has 0 fully saturated rings. The van der Waals surface area contributed by atoms with Gasteiger partial charge in [-0.2, -0.15) is 0 Å². The number of Topliss-reactive ketones (excluding diaryl/α,β-unsaturated/α-hetero) is 1. The highest BCUT2D eigenvalue weighted by atomic mass is 16.6. The number of hydrogen-bond donors (Lipinski definition) is 20. The predicted molar refractivity (Wildman–Crippen MR) is 318 cm³/mol. The first-order valence-electron chi connectivity index (χ1n) is 30.9. The normalized spacial score (nSPS) is 17.9. The summed E-state index contributed by atoms with van der Waals surface area (Å²) in [5, 5.41) is 200. The van der Waals surface area contributed by atoms with Gasteiger partial charge in [0.15, 0.2) is 0 Å². The first-order valence-corrected chi connectivity index (χ1v) is 30.9. The summed E-state index contributed by atoms with van der Waals surface area (Å²) >= 11 is 0. The summed E-state index contributed by atoms with van der Waals surface area (Å²) in [5.41, 5.74) is 0. The van der Waals surface area contributed by atoms with Crippen LogP contribution in [0, 0.1) is 0 Å². The molecule has 0 aliphatic heterocycles. The highest BCUT2D eigenvalue weighted by Gasteiger charge is 2.41. The van der Waals surface area contributed by atoms with Gasteiger partial charge in [0, 0.05) is 45.7 Å². The number of carbonyl (C=O) groups excluding carboxylic acids is 2. The van der Waals surface area contributed by atoms with Crippen LogP contribution in [0.15, 0.2) is 0 Å². The standard InChI is InChI=1S/C56H113N3O33/c1-3-40(64)48(72)49(73)41(65)31-58(32-42(66)50(74)53(77)45(69)35-60)30-39(59(33-43(67)51(75)54(78)46(70)36-61)34-44(68)52(76)55(79)47(71)37-62)56(80)57-5-7-82-9-11-84-13-15-86-17-19-88-21-23-90-25-27-92-29-28-91-26-24-89-22-20-87-18-16-85-14-12-83-10-8-81-6-4-38(2)63/h39-55,60-62,64-79H,3-37H2,1-2H3,(H,57,80)/t39?,40-,41+,42+,43-,44-,45-,46+,47+,48-,49-,50-,51+,52+,53-,54+,55+/m0/s1. The molecule has 1 unspecified atom stereocenters. The highest BCUT2D eigenvalue weighted by Crippen LogP contribution is 2.18. The van der Waals surface area contributed by atoms with E-state index in [4.69, 9.17) is 56.8 Å². The molecule has 0 aromatic rings. The van der Waals surface area contributed by atoms with E-state index in [-0.39, 0.29) is 58.4 Å². The number of rotatable bonds is 67. The Labute approximate surface area is 537 Å². The number of ether oxygens (including phenoxy) is 12. The molecule has 0 heterocycles. The second-order valence-electron chi connectivity index (χ2n) is 21.2. The Kier molecular flexibility index (Phi) is 56.5. The fourth-order valence-electron chi connectivity index (χ4n) is 8.09. The summed E-state index contributed by atoms with van der Waals surface area (Å²) in [5.74, 6) is -0.975. The molecule has 0 aliphatic rings. The number of nitrogens with zero attached hydrogens (tertiary/aromatic N) is 2. The molecule has 36 heteroatoms. The maximum absolute atomic E-state index is 14.4. The fraction of sp³-hybridized carbons (Fsp3) is 0.964. The average molecular weight is 1360 g/mol. The molecule has 0 aromatic carbocycles. The number of carbonyl (C=O) groups is 2. The van der Waals surface area contributed by atoms with Crippen molar-refractivity contribution in [1.82, 2.24) is 15.1 Å². The third-order valence-electron chi connectivity index (χ3n) is 13.7. The number of hydrogen-bond acceptors (Lipinski definition) is 35. The van der Waals surface area contributed by atoms with Gasteiger partial charge in [-0.25, -0.2) is 0 Å². The summed E-state index contributed by atoms with van der Waals surface area (Å²) in [6.07, 6.45) is -33.6. The number of nitrogens with one attached hydrogen (secondary N) is 1. The van der Waals surface area contributed by atoms with Gasteiger partial charge in [0.25, 0.3) is 0 Å². The fourth-order valence-corrected chi connectivity index (χ4v) is 8.09. The van der Waals surface area contributed by atoms with Crippen LogP contribution in [-0.4, -0.2) is 440 Å². The van der Waals surface area contributed by atoms with Gasteiger partial charge in [-0.3, -0.25) is 19.4 Å². The number of aliphatic hydroxyl groups excluding tert-OH is 19. The molecule has 92 heavy (non-hydrogen) atoms. The third-order valence-corrected chi connectivity index (χ3v) is 13.7. The van der Waals surface area contributed by atoms with E-state index in [0.29, 0.717) is 125 Å². The smallest absolute Gasteiger partial charge is 0.238 e. The number of ketones is 1. The molecule has 1 amide bonds. The summed E-state index contributed by atoms with van der Waals surface area (Å²) in [7, 11) is 0. The zero-order chi connectivity index (χ0) is 69.1. The SMILES string of the molecule is CC[C@H](O)[C@H](O)[C@@H](O)[C@H](O)CN(CC(C(=O)NCCOCCOCCOCCOCCOCCOCCOCCOCCOCCOCCOCCOCCC(C)=O)N(C[C@H](O)[C@@H](O)[C@H](O)[C@H](O)CO)C[C@H](O)[C@@H](O)[C@H](O)[C@H](O)CO)C[C@@H](O)[C@H](O)[C@@H](O)[C@@H](O)CO. The average Bonchev–Trinajstić information content (AvgIpc) is 1.18. The minimum Gasteiger partial charge on any atom is -0.394 e. The van der Waals surface area contributed by atoms with Crippen molar-refractivity contribution < 1.29 is 163 Å². The summed E-state index contributed by atoms with van der Waals surface area (Å²) in [4.78, 5) is 27.0. The second kappa shape index (κ2) is 57.8. The van der Waals surface area contributed by atoms with Crippen molar-refractivity contribution >= 4 is 11.7 Å². The van der Waals surface area contributed by atoms with E-state index in [1.165, 1.54) is 13.8 Å². The molecule has 0 saturated carbocycles. The Morgan fingerprint density at radius 1 is 0.315 bits per heavy atom. The molecular formula is C56H113N3O33. The van der Waals surface area contributed by atoms with Gasteiger partial charge < -0.3 is 159 Å². The molecule has 0 bridgehead atoms. The second-order valence-corrected chi connectivity index (χ2v) is 21.2. The van der Waals surface area contributed by atoms with E-state index in [2.05, 4.69) is 5.32 Å². The Morgan fingerprint density at radius 2 is 0.543 bits per heavy atom. The molecular weight excluding hydrogens is 1240 g/mol. The molecule has 0 aromatic heterocycles. The summed E-state index contributed by atoms with van der Waals surface area (Å²) < 4.78 is 65.6. The van der Waals surface area contributed by atoms with Crippen LogP contribution in [0.1, 0.15) is 26.7 Å². The van der Waals surface area contributed by atoms with Crippen molar-refractivity contribution in [3.05, 3.63) is 0 Å². The largest absolute Gasteiger partial charge is 0.394 e. The molecule has 0 rings (SSSR count). The summed E-state index contributed by atoms with van der Waals surface area (Å²) in [6.45, 7) is 2.48. The lowest BCUT2D eigenvalue weighted by Gasteiger charge is -2.40. The first kappa shape index (κ1) is 89.8. The zero-order valence-electron chi connectivity index (χ0n) is 53.2. The molecule has 20 N–H and O–H groups in total. The monoisotopic (exact) mass is 1360 g/mol. The van der Waals surface area contributed by atoms with Crippen LogP contribution in [0.2, 0.25) is 0 Å². The van der Waals surface area contributed by atoms with Gasteiger partial charge in [-0.1, -0.05) is 6.92 Å². The van der Waals surface area contributed by atoms with Crippen LogP contribution in [0.5, 0.6) is 0 Å². The molecule has 550 valence electrons. The number of aliphatic hydroxyl groups is 19. The van der Waals surface area contributed by atoms with Crippen molar-refractivity contribution in [2.45, 2.75) is 130 Å². The van der Waals surface area contributed by atoms with Crippen LogP contribution in [-0.2, 0) is 66.4 Å². The summed E-state index contributed by atoms with van der Waals surface area (Å²) in [6, 6.07) is -1.88. The lowest BCUT2D eigenvalue weighted by Crippen LogP contribution is -2.61. The van der Waals surface area contributed by atoms with Gasteiger partial charge in [0.2, 0.25) is 5.91 Å². The van der Waals surface area contributed by atoms with Gasteiger partial charge >= 0.3 is 0 Å².